The lowest BCUT2D eigenvalue weighted by atomic mass is 9.93. The van der Waals surface area contributed by atoms with Gasteiger partial charge in [-0.15, -0.1) is 0 Å². The number of ether oxygens (including phenoxy) is 1. The maximum atomic E-state index is 13.2. The van der Waals surface area contributed by atoms with Crippen molar-refractivity contribution in [1.29, 1.82) is 0 Å². The number of benzene rings is 1. The van der Waals surface area contributed by atoms with Gasteiger partial charge in [0.2, 0.25) is 0 Å². The van der Waals surface area contributed by atoms with Gasteiger partial charge in [0, 0.05) is 6.61 Å². The molecular weight excluding hydrogens is 271 g/mol. The number of halogens is 2. The molecule has 0 saturated carbocycles. The Morgan fingerprint density at radius 1 is 1.31 bits per heavy atom. The van der Waals surface area contributed by atoms with Gasteiger partial charge in [-0.25, -0.2) is 4.39 Å². The predicted octanol–water partition coefficient (Wildman–Crippen LogP) is 4.54. The molecule has 1 aromatic rings. The Kier molecular flexibility index (Phi) is 4.93. The summed E-state index contributed by atoms with van der Waals surface area (Å²) in [4.78, 5) is 0. The quantitative estimate of drug-likeness (QED) is 0.739. The van der Waals surface area contributed by atoms with Gasteiger partial charge in [0.25, 0.3) is 0 Å². The van der Waals surface area contributed by atoms with Crippen LogP contribution >= 0.6 is 15.9 Å². The molecule has 0 unspecified atom stereocenters. The Hall–Kier alpha value is -0.410. The molecule has 0 aliphatic heterocycles. The first kappa shape index (κ1) is 13.7. The maximum absolute atomic E-state index is 13.2. The Morgan fingerprint density at radius 3 is 2.62 bits per heavy atom. The van der Waals surface area contributed by atoms with E-state index in [0.29, 0.717) is 17.7 Å². The second kappa shape index (κ2) is 5.78. The zero-order valence-electron chi connectivity index (χ0n) is 10.0. The van der Waals surface area contributed by atoms with E-state index in [1.165, 1.54) is 6.07 Å². The van der Waals surface area contributed by atoms with Crippen LogP contribution in [0.4, 0.5) is 4.39 Å². The van der Waals surface area contributed by atoms with E-state index >= 15 is 0 Å². The van der Waals surface area contributed by atoms with Gasteiger partial charge < -0.3 is 4.74 Å². The topological polar surface area (TPSA) is 9.23 Å². The molecule has 0 aromatic heterocycles. The van der Waals surface area contributed by atoms with E-state index in [0.717, 1.165) is 12.0 Å². The van der Waals surface area contributed by atoms with Crippen LogP contribution in [0.25, 0.3) is 0 Å². The van der Waals surface area contributed by atoms with Crippen LogP contribution in [-0.2, 0) is 11.3 Å². The molecule has 0 spiro atoms. The highest BCUT2D eigenvalue weighted by Gasteiger charge is 2.10. The Balaban J connectivity index is 2.41. The van der Waals surface area contributed by atoms with Crippen molar-refractivity contribution in [3.63, 3.8) is 0 Å². The fraction of sp³-hybridized carbons (Fsp3) is 0.538. The van der Waals surface area contributed by atoms with Crippen molar-refractivity contribution in [1.82, 2.24) is 0 Å². The van der Waals surface area contributed by atoms with E-state index in [9.17, 15) is 4.39 Å². The van der Waals surface area contributed by atoms with Crippen molar-refractivity contribution >= 4 is 15.9 Å². The third kappa shape index (κ3) is 4.62. The fourth-order valence-corrected chi connectivity index (χ4v) is 1.60. The Bertz CT molecular complexity index is 344. The lowest BCUT2D eigenvalue weighted by molar-refractivity contribution is 0.0957. The molecule has 1 aromatic carbocycles. The SMILES string of the molecule is CC(C)(C)CCOCc1cccc(F)c1Br. The number of hydrogen-bond donors (Lipinski definition) is 0. The first-order chi connectivity index (χ1) is 7.40. The van der Waals surface area contributed by atoms with Crippen LogP contribution in [-0.4, -0.2) is 6.61 Å². The maximum Gasteiger partial charge on any atom is 0.137 e. The highest BCUT2D eigenvalue weighted by Crippen LogP contribution is 2.22. The van der Waals surface area contributed by atoms with Crippen molar-refractivity contribution in [2.45, 2.75) is 33.8 Å². The highest BCUT2D eigenvalue weighted by atomic mass is 79.9. The average molecular weight is 289 g/mol. The molecule has 0 aliphatic rings. The van der Waals surface area contributed by atoms with Crippen molar-refractivity contribution in [2.24, 2.45) is 5.41 Å². The van der Waals surface area contributed by atoms with E-state index in [2.05, 4.69) is 36.7 Å². The molecule has 0 amide bonds. The first-order valence-electron chi connectivity index (χ1n) is 5.41. The van der Waals surface area contributed by atoms with E-state index < -0.39 is 0 Å². The summed E-state index contributed by atoms with van der Waals surface area (Å²) in [6.45, 7) is 7.68. The zero-order valence-corrected chi connectivity index (χ0v) is 11.6. The molecule has 0 radical (unpaired) electrons. The smallest absolute Gasteiger partial charge is 0.137 e. The molecular formula is C13H18BrFO. The largest absolute Gasteiger partial charge is 0.377 e. The van der Waals surface area contributed by atoms with Gasteiger partial charge in [-0.3, -0.25) is 0 Å². The third-order valence-corrected chi connectivity index (χ3v) is 3.17. The Labute approximate surface area is 105 Å². The van der Waals surface area contributed by atoms with Gasteiger partial charge in [0.05, 0.1) is 11.1 Å². The molecule has 0 saturated heterocycles. The van der Waals surface area contributed by atoms with Crippen molar-refractivity contribution in [3.05, 3.63) is 34.1 Å². The summed E-state index contributed by atoms with van der Waals surface area (Å²) < 4.78 is 19.2. The molecule has 0 aliphatic carbocycles. The second-order valence-electron chi connectivity index (χ2n) is 5.08. The fourth-order valence-electron chi connectivity index (χ4n) is 1.22. The summed E-state index contributed by atoms with van der Waals surface area (Å²) in [5.74, 6) is -0.239. The minimum Gasteiger partial charge on any atom is -0.377 e. The normalized spacial score (nSPS) is 11.8. The molecule has 0 bridgehead atoms. The summed E-state index contributed by atoms with van der Waals surface area (Å²) in [6, 6.07) is 5.00. The van der Waals surface area contributed by atoms with Crippen LogP contribution in [0, 0.1) is 11.2 Å². The van der Waals surface area contributed by atoms with Crippen LogP contribution in [0.2, 0.25) is 0 Å². The van der Waals surface area contributed by atoms with E-state index in [4.69, 9.17) is 4.74 Å². The monoisotopic (exact) mass is 288 g/mol. The van der Waals surface area contributed by atoms with Gasteiger partial charge in [0.15, 0.2) is 0 Å². The average Bonchev–Trinajstić information content (AvgIpc) is 2.17. The van der Waals surface area contributed by atoms with Gasteiger partial charge in [-0.05, 0) is 39.4 Å². The summed E-state index contributed by atoms with van der Waals surface area (Å²) in [6.07, 6.45) is 1.000. The van der Waals surface area contributed by atoms with Crippen LogP contribution in [0.5, 0.6) is 0 Å². The minimum absolute atomic E-state index is 0.239. The molecule has 1 rings (SSSR count). The van der Waals surface area contributed by atoms with Crippen LogP contribution in [0.3, 0.4) is 0 Å². The first-order valence-corrected chi connectivity index (χ1v) is 6.20. The summed E-state index contributed by atoms with van der Waals surface area (Å²) >= 11 is 3.22. The molecule has 3 heteroatoms. The molecule has 0 heterocycles. The van der Waals surface area contributed by atoms with E-state index in [1.54, 1.807) is 6.07 Å². The third-order valence-electron chi connectivity index (χ3n) is 2.29. The van der Waals surface area contributed by atoms with Crippen LogP contribution in [0.15, 0.2) is 22.7 Å². The summed E-state index contributed by atoms with van der Waals surface area (Å²) in [5, 5.41) is 0. The van der Waals surface area contributed by atoms with Gasteiger partial charge in [0.1, 0.15) is 5.82 Å². The molecule has 0 N–H and O–H groups in total. The predicted molar refractivity (Wildman–Crippen MR) is 67.8 cm³/mol. The van der Waals surface area contributed by atoms with Gasteiger partial charge in [-0.1, -0.05) is 32.9 Å². The molecule has 0 atom stereocenters. The second-order valence-corrected chi connectivity index (χ2v) is 5.87. The van der Waals surface area contributed by atoms with Crippen molar-refractivity contribution in [2.75, 3.05) is 6.61 Å². The lowest BCUT2D eigenvalue weighted by Gasteiger charge is -2.17. The van der Waals surface area contributed by atoms with Crippen LogP contribution in [0.1, 0.15) is 32.8 Å². The van der Waals surface area contributed by atoms with Gasteiger partial charge in [-0.2, -0.15) is 0 Å². The number of rotatable bonds is 4. The lowest BCUT2D eigenvalue weighted by Crippen LogP contribution is -2.09. The zero-order chi connectivity index (χ0) is 12.2. The molecule has 90 valence electrons. The molecule has 1 nitrogen and oxygen atoms in total. The van der Waals surface area contributed by atoms with E-state index in [-0.39, 0.29) is 11.2 Å². The summed E-state index contributed by atoms with van der Waals surface area (Å²) in [5.41, 5.74) is 1.13. The highest BCUT2D eigenvalue weighted by molar-refractivity contribution is 9.10. The molecule has 0 fully saturated rings. The van der Waals surface area contributed by atoms with Crippen molar-refractivity contribution in [3.8, 4) is 0 Å². The minimum atomic E-state index is -0.239. The van der Waals surface area contributed by atoms with Crippen molar-refractivity contribution < 1.29 is 9.13 Å². The Morgan fingerprint density at radius 2 is 2.00 bits per heavy atom. The molecule has 16 heavy (non-hydrogen) atoms. The number of hydrogen-bond acceptors (Lipinski definition) is 1. The van der Waals surface area contributed by atoms with Crippen LogP contribution < -0.4 is 0 Å². The summed E-state index contributed by atoms with van der Waals surface area (Å²) in [7, 11) is 0. The van der Waals surface area contributed by atoms with Gasteiger partial charge >= 0.3 is 0 Å². The van der Waals surface area contributed by atoms with E-state index in [1.807, 2.05) is 6.07 Å². The standard InChI is InChI=1S/C13H18BrFO/c1-13(2,3)7-8-16-9-10-5-4-6-11(15)12(10)14/h4-6H,7-9H2,1-3H3.